The van der Waals surface area contributed by atoms with Crippen LogP contribution in [0.2, 0.25) is 0 Å². The second-order valence-electron chi connectivity index (χ2n) is 12.7. The van der Waals surface area contributed by atoms with E-state index in [4.69, 9.17) is 4.74 Å². The fourth-order valence-corrected chi connectivity index (χ4v) is 7.88. The van der Waals surface area contributed by atoms with E-state index >= 15 is 0 Å². The summed E-state index contributed by atoms with van der Waals surface area (Å²) in [4.78, 5) is 68.4. The Hall–Kier alpha value is -6.76. The standard InChI is InChI=1S/C45H38N4O6S2/c1-28-22-24-30(25-23-28)26-36(48-40(50)32-16-9-5-10-17-32)41(51)47-34-20-13-21-35(27-34)56-39(31-14-7-4-8-15-31)43(53)49-44-37(45(54)55-3)29(2)38(57-44)42(52)46-33-18-11-6-12-19-33/h4-27,39H,1-3H3,(H,46,52)(H,47,51)(H,48,50)(H,49,53)/b36-26+. The molecule has 5 aromatic carbocycles. The first-order chi connectivity index (χ1) is 27.6. The predicted molar refractivity (Wildman–Crippen MR) is 227 cm³/mol. The molecule has 0 radical (unpaired) electrons. The molecule has 286 valence electrons. The molecule has 0 fully saturated rings. The van der Waals surface area contributed by atoms with Crippen molar-refractivity contribution in [3.8, 4) is 0 Å². The van der Waals surface area contributed by atoms with E-state index in [-0.39, 0.29) is 21.1 Å². The lowest BCUT2D eigenvalue weighted by Crippen LogP contribution is -2.30. The number of carbonyl (C=O) groups is 5. The van der Waals surface area contributed by atoms with E-state index in [1.54, 1.807) is 85.8 Å². The van der Waals surface area contributed by atoms with Crippen molar-refractivity contribution in [2.24, 2.45) is 0 Å². The summed E-state index contributed by atoms with van der Waals surface area (Å²) in [6, 6.07) is 41.2. The van der Waals surface area contributed by atoms with E-state index in [2.05, 4.69) is 21.3 Å². The number of anilines is 3. The molecule has 1 atom stereocenters. The zero-order valence-corrected chi connectivity index (χ0v) is 32.8. The van der Waals surface area contributed by atoms with Crippen molar-refractivity contribution >= 4 is 75.1 Å². The maximum Gasteiger partial charge on any atom is 0.341 e. The van der Waals surface area contributed by atoms with Crippen LogP contribution < -0.4 is 21.3 Å². The first-order valence-electron chi connectivity index (χ1n) is 17.8. The Morgan fingerprint density at radius 3 is 1.98 bits per heavy atom. The number of carbonyl (C=O) groups excluding carboxylic acids is 5. The van der Waals surface area contributed by atoms with Crippen LogP contribution in [-0.4, -0.2) is 36.7 Å². The summed E-state index contributed by atoms with van der Waals surface area (Å²) in [5.74, 6) is -2.56. The van der Waals surface area contributed by atoms with Crippen LogP contribution in [0.5, 0.6) is 0 Å². The lowest BCUT2D eigenvalue weighted by molar-refractivity contribution is -0.116. The van der Waals surface area contributed by atoms with Crippen LogP contribution >= 0.6 is 23.1 Å². The summed E-state index contributed by atoms with van der Waals surface area (Å²) >= 11 is 2.21. The minimum atomic E-state index is -0.825. The van der Waals surface area contributed by atoms with Gasteiger partial charge in [0.2, 0.25) is 5.91 Å². The molecule has 0 bridgehead atoms. The average molecular weight is 795 g/mol. The summed E-state index contributed by atoms with van der Waals surface area (Å²) in [5, 5.41) is 10.7. The highest BCUT2D eigenvalue weighted by molar-refractivity contribution is 8.00. The molecule has 1 aromatic heterocycles. The van der Waals surface area contributed by atoms with Gasteiger partial charge in [-0.2, -0.15) is 0 Å². The third-order valence-electron chi connectivity index (χ3n) is 8.61. The van der Waals surface area contributed by atoms with Gasteiger partial charge >= 0.3 is 5.97 Å². The molecular formula is C45H38N4O6S2. The molecule has 57 heavy (non-hydrogen) atoms. The number of esters is 1. The molecule has 12 heteroatoms. The number of ether oxygens (including phenoxy) is 1. The third-order valence-corrected chi connectivity index (χ3v) is 11.1. The largest absolute Gasteiger partial charge is 0.465 e. The minimum Gasteiger partial charge on any atom is -0.465 e. The van der Waals surface area contributed by atoms with Crippen LogP contribution in [0.3, 0.4) is 0 Å². The molecule has 1 heterocycles. The fraction of sp³-hybridized carbons (Fsp3) is 0.0889. The number of thiophene rings is 1. The van der Waals surface area contributed by atoms with Crippen molar-refractivity contribution < 1.29 is 28.7 Å². The minimum absolute atomic E-state index is 0.0387. The van der Waals surface area contributed by atoms with Crippen LogP contribution in [0.15, 0.2) is 150 Å². The first kappa shape index (κ1) is 39.9. The van der Waals surface area contributed by atoms with Gasteiger partial charge in [0.15, 0.2) is 0 Å². The van der Waals surface area contributed by atoms with Crippen molar-refractivity contribution in [1.82, 2.24) is 5.32 Å². The Morgan fingerprint density at radius 1 is 0.684 bits per heavy atom. The van der Waals surface area contributed by atoms with E-state index in [1.165, 1.54) is 18.9 Å². The zero-order chi connectivity index (χ0) is 40.3. The Morgan fingerprint density at radius 2 is 1.32 bits per heavy atom. The third kappa shape index (κ3) is 10.3. The highest BCUT2D eigenvalue weighted by atomic mass is 32.2. The van der Waals surface area contributed by atoms with Crippen molar-refractivity contribution in [2.75, 3.05) is 23.1 Å². The highest BCUT2D eigenvalue weighted by Gasteiger charge is 2.30. The lowest BCUT2D eigenvalue weighted by Gasteiger charge is -2.18. The zero-order valence-electron chi connectivity index (χ0n) is 31.2. The fourth-order valence-electron chi connectivity index (χ4n) is 5.71. The molecule has 6 rings (SSSR count). The Kier molecular flexibility index (Phi) is 13.1. The smallest absolute Gasteiger partial charge is 0.341 e. The molecule has 4 N–H and O–H groups in total. The number of aryl methyl sites for hydroxylation is 1. The van der Waals surface area contributed by atoms with Crippen molar-refractivity contribution in [3.05, 3.63) is 183 Å². The molecule has 0 spiro atoms. The second kappa shape index (κ2) is 18.7. The van der Waals surface area contributed by atoms with Crippen LogP contribution in [0.25, 0.3) is 6.08 Å². The van der Waals surface area contributed by atoms with E-state index in [0.717, 1.165) is 22.5 Å². The number of amides is 4. The molecule has 10 nitrogen and oxygen atoms in total. The number of hydrogen-bond donors (Lipinski definition) is 4. The van der Waals surface area contributed by atoms with Crippen LogP contribution in [0.1, 0.15) is 57.9 Å². The van der Waals surface area contributed by atoms with E-state index in [1.807, 2.05) is 73.7 Å². The van der Waals surface area contributed by atoms with Gasteiger partial charge in [0.05, 0.1) is 17.6 Å². The maximum atomic E-state index is 14.2. The molecule has 0 aliphatic carbocycles. The summed E-state index contributed by atoms with van der Waals surface area (Å²) in [6.45, 7) is 3.60. The molecule has 0 aliphatic rings. The molecule has 1 unspecified atom stereocenters. The van der Waals surface area contributed by atoms with Gasteiger partial charge in [0.25, 0.3) is 17.7 Å². The van der Waals surface area contributed by atoms with Gasteiger partial charge in [-0.15, -0.1) is 23.1 Å². The summed E-state index contributed by atoms with van der Waals surface area (Å²) in [7, 11) is 1.24. The summed E-state index contributed by atoms with van der Waals surface area (Å²) < 4.78 is 5.05. The number of hydrogen-bond acceptors (Lipinski definition) is 8. The molecule has 4 amide bonds. The number of para-hydroxylation sites is 1. The van der Waals surface area contributed by atoms with Gasteiger partial charge in [-0.3, -0.25) is 19.2 Å². The van der Waals surface area contributed by atoms with Crippen molar-refractivity contribution in [1.29, 1.82) is 0 Å². The van der Waals surface area contributed by atoms with E-state index < -0.39 is 34.8 Å². The Balaban J connectivity index is 1.25. The number of rotatable bonds is 13. The van der Waals surface area contributed by atoms with Crippen LogP contribution in [-0.2, 0) is 14.3 Å². The number of benzene rings is 5. The monoisotopic (exact) mass is 794 g/mol. The quantitative estimate of drug-likeness (QED) is 0.0519. The van der Waals surface area contributed by atoms with Gasteiger partial charge in [0.1, 0.15) is 15.9 Å². The average Bonchev–Trinajstić information content (AvgIpc) is 3.56. The lowest BCUT2D eigenvalue weighted by atomic mass is 10.1. The van der Waals surface area contributed by atoms with Gasteiger partial charge in [0, 0.05) is 21.8 Å². The Labute approximate surface area is 338 Å². The second-order valence-corrected chi connectivity index (χ2v) is 14.9. The number of thioether (sulfide) groups is 1. The normalized spacial score (nSPS) is 11.5. The van der Waals surface area contributed by atoms with E-state index in [9.17, 15) is 24.0 Å². The predicted octanol–water partition coefficient (Wildman–Crippen LogP) is 9.29. The SMILES string of the molecule is COC(=O)c1c(NC(=O)C(Sc2cccc(NC(=O)/C(=C\c3ccc(C)cc3)NC(=O)c3ccccc3)c2)c2ccccc2)sc(C(=O)Nc2ccccc2)c1C. The van der Waals surface area contributed by atoms with Gasteiger partial charge in [-0.25, -0.2) is 4.79 Å². The van der Waals surface area contributed by atoms with Crippen molar-refractivity contribution in [2.45, 2.75) is 24.0 Å². The number of nitrogens with one attached hydrogen (secondary N) is 4. The van der Waals surface area contributed by atoms with Crippen molar-refractivity contribution in [3.63, 3.8) is 0 Å². The maximum absolute atomic E-state index is 14.2. The molecule has 6 aromatic rings. The van der Waals surface area contributed by atoms with Gasteiger partial charge < -0.3 is 26.0 Å². The van der Waals surface area contributed by atoms with E-state index in [0.29, 0.717) is 33.0 Å². The molecular weight excluding hydrogens is 757 g/mol. The van der Waals surface area contributed by atoms with Gasteiger partial charge in [-0.05, 0) is 79.1 Å². The van der Waals surface area contributed by atoms with Crippen LogP contribution in [0.4, 0.5) is 16.4 Å². The topological polar surface area (TPSA) is 143 Å². The van der Waals surface area contributed by atoms with Gasteiger partial charge in [-0.1, -0.05) is 103 Å². The first-order valence-corrected chi connectivity index (χ1v) is 19.5. The summed E-state index contributed by atoms with van der Waals surface area (Å²) in [6.07, 6.45) is 1.61. The molecule has 0 aliphatic heterocycles. The summed E-state index contributed by atoms with van der Waals surface area (Å²) in [5.41, 5.74) is 4.35. The molecule has 0 saturated carbocycles. The van der Waals surface area contributed by atoms with Crippen LogP contribution in [0, 0.1) is 13.8 Å². The highest BCUT2D eigenvalue weighted by Crippen LogP contribution is 2.40. The Bertz CT molecular complexity index is 2430. The number of methoxy groups -OCH3 is 1. The molecule has 0 saturated heterocycles.